The summed E-state index contributed by atoms with van der Waals surface area (Å²) in [7, 11) is 0. The van der Waals surface area contributed by atoms with E-state index < -0.39 is 18.0 Å². The Morgan fingerprint density at radius 3 is 2.44 bits per heavy atom. The molecule has 2 aromatic carbocycles. The van der Waals surface area contributed by atoms with Gasteiger partial charge in [0, 0.05) is 30.3 Å². The molecule has 2 amide bonds. The van der Waals surface area contributed by atoms with E-state index >= 15 is 0 Å². The van der Waals surface area contributed by atoms with Crippen molar-refractivity contribution in [2.24, 2.45) is 0 Å². The molecule has 0 unspecified atom stereocenters. The summed E-state index contributed by atoms with van der Waals surface area (Å²) in [6.07, 6.45) is 6.93. The van der Waals surface area contributed by atoms with Crippen molar-refractivity contribution in [3.8, 4) is 0 Å². The predicted octanol–water partition coefficient (Wildman–Crippen LogP) is 4.95. The van der Waals surface area contributed by atoms with Crippen LogP contribution in [0.1, 0.15) is 36.8 Å². The highest BCUT2D eigenvalue weighted by Crippen LogP contribution is 2.21. The van der Waals surface area contributed by atoms with Crippen LogP contribution in [0.3, 0.4) is 0 Å². The van der Waals surface area contributed by atoms with Crippen LogP contribution in [-0.2, 0) is 27.4 Å². The number of aliphatic carboxylic acids is 1. The molecule has 1 heterocycles. The highest BCUT2D eigenvalue weighted by molar-refractivity contribution is 5.98. The summed E-state index contributed by atoms with van der Waals surface area (Å²) in [5.74, 6) is -1.98. The molecule has 0 aliphatic carbocycles. The van der Waals surface area contributed by atoms with Gasteiger partial charge in [0.25, 0.3) is 5.91 Å². The maximum atomic E-state index is 12.2. The zero-order valence-electron chi connectivity index (χ0n) is 19.8. The molecule has 3 N–H and O–H groups in total. The minimum absolute atomic E-state index is 0.155. The van der Waals surface area contributed by atoms with Crippen molar-refractivity contribution in [2.75, 3.05) is 11.9 Å². The van der Waals surface area contributed by atoms with E-state index in [1.807, 2.05) is 48.5 Å². The highest BCUT2D eigenvalue weighted by Gasteiger charge is 2.08. The number of aromatic nitrogens is 1. The lowest BCUT2D eigenvalue weighted by molar-refractivity contribution is -0.159. The van der Waals surface area contributed by atoms with Crippen molar-refractivity contribution in [1.29, 1.82) is 0 Å². The molecule has 0 bridgehead atoms. The first-order valence-electron chi connectivity index (χ1n) is 11.7. The third kappa shape index (κ3) is 8.52. The van der Waals surface area contributed by atoms with Gasteiger partial charge in [-0.05, 0) is 54.7 Å². The van der Waals surface area contributed by atoms with E-state index in [1.165, 1.54) is 5.56 Å². The number of nitrogens with zero attached hydrogens (tertiary/aromatic N) is 2. The molecule has 0 aliphatic rings. The van der Waals surface area contributed by atoms with Gasteiger partial charge in [-0.2, -0.15) is 0 Å². The van der Waals surface area contributed by atoms with E-state index in [4.69, 9.17) is 9.84 Å². The molecule has 0 saturated heterocycles. The number of unbranched alkanes of at least 4 members (excludes halogenated alkanes) is 3. The number of amides is 2. The maximum absolute atomic E-state index is 12.2. The Kier molecular flexibility index (Phi) is 9.96. The SMILES string of the molecule is O=C(O)/C=C/C(=O)N(O)CCCCCCc1ccc(COC(=O)Nc2cccc3ncccc23)cc1. The average Bonchev–Trinajstić information content (AvgIpc) is 2.88. The maximum Gasteiger partial charge on any atom is 0.411 e. The number of ether oxygens (including phenoxy) is 1. The smallest absolute Gasteiger partial charge is 0.411 e. The Hall–Kier alpha value is -4.24. The molecule has 9 heteroatoms. The number of nitrogens with one attached hydrogen (secondary N) is 1. The second kappa shape index (κ2) is 13.6. The van der Waals surface area contributed by atoms with Crippen LogP contribution in [-0.4, -0.2) is 44.9 Å². The first kappa shape index (κ1) is 26.4. The van der Waals surface area contributed by atoms with Crippen molar-refractivity contribution in [3.63, 3.8) is 0 Å². The molecular weight excluding hydrogens is 462 g/mol. The number of carboxylic acids is 1. The molecule has 9 nitrogen and oxygen atoms in total. The first-order chi connectivity index (χ1) is 17.4. The van der Waals surface area contributed by atoms with Crippen molar-refractivity contribution in [1.82, 2.24) is 10.0 Å². The summed E-state index contributed by atoms with van der Waals surface area (Å²) in [5, 5.41) is 22.2. The first-order valence-corrected chi connectivity index (χ1v) is 11.7. The summed E-state index contributed by atoms with van der Waals surface area (Å²) >= 11 is 0. The second-order valence-corrected chi connectivity index (χ2v) is 8.19. The quantitative estimate of drug-likeness (QED) is 0.142. The largest absolute Gasteiger partial charge is 0.478 e. The fraction of sp³-hybridized carbons (Fsp3) is 0.259. The standard InChI is InChI=1S/C27H29N3O6/c31-25(15-16-26(32)33)30(35)18-4-2-1-3-7-20-11-13-21(14-12-20)19-36-27(34)29-24-10-5-9-23-22(24)8-6-17-28-23/h5-6,8-17,35H,1-4,7,18-19H2,(H,29,34)(H,32,33)/b16-15+. The van der Waals surface area contributed by atoms with Crippen LogP contribution in [0.4, 0.5) is 10.5 Å². The molecular formula is C27H29N3O6. The zero-order chi connectivity index (χ0) is 25.8. The minimum atomic E-state index is -1.24. The Balaban J connectivity index is 1.32. The van der Waals surface area contributed by atoms with E-state index in [-0.39, 0.29) is 13.2 Å². The number of aryl methyl sites for hydroxylation is 1. The monoisotopic (exact) mass is 491 g/mol. The van der Waals surface area contributed by atoms with Gasteiger partial charge in [0.1, 0.15) is 6.61 Å². The molecule has 36 heavy (non-hydrogen) atoms. The molecule has 0 aliphatic heterocycles. The number of hydrogen-bond donors (Lipinski definition) is 3. The van der Waals surface area contributed by atoms with E-state index in [9.17, 15) is 19.6 Å². The van der Waals surface area contributed by atoms with E-state index in [0.29, 0.717) is 23.2 Å². The lowest BCUT2D eigenvalue weighted by Gasteiger charge is -2.12. The third-order valence-corrected chi connectivity index (χ3v) is 5.48. The Labute approximate surface area is 209 Å². The number of rotatable bonds is 12. The summed E-state index contributed by atoms with van der Waals surface area (Å²) in [6.45, 7) is 0.315. The van der Waals surface area contributed by atoms with Gasteiger partial charge in [-0.3, -0.25) is 20.3 Å². The molecule has 0 atom stereocenters. The Bertz CT molecular complexity index is 1200. The van der Waals surface area contributed by atoms with Crippen LogP contribution in [0.15, 0.2) is 72.9 Å². The zero-order valence-corrected chi connectivity index (χ0v) is 19.8. The van der Waals surface area contributed by atoms with Gasteiger partial charge in [0.05, 0.1) is 11.2 Å². The second-order valence-electron chi connectivity index (χ2n) is 8.19. The van der Waals surface area contributed by atoms with Gasteiger partial charge in [-0.15, -0.1) is 0 Å². The number of carbonyl (C=O) groups is 3. The lowest BCUT2D eigenvalue weighted by Crippen LogP contribution is -2.26. The van der Waals surface area contributed by atoms with Crippen LogP contribution in [0.5, 0.6) is 0 Å². The van der Waals surface area contributed by atoms with Crippen LogP contribution < -0.4 is 5.32 Å². The molecule has 0 saturated carbocycles. The van der Waals surface area contributed by atoms with Crippen molar-refractivity contribution in [3.05, 3.63) is 84.1 Å². The Morgan fingerprint density at radius 1 is 0.917 bits per heavy atom. The number of pyridine rings is 1. The summed E-state index contributed by atoms with van der Waals surface area (Å²) in [6, 6.07) is 17.1. The van der Waals surface area contributed by atoms with E-state index in [2.05, 4.69) is 10.3 Å². The van der Waals surface area contributed by atoms with Crippen LogP contribution in [0.25, 0.3) is 10.9 Å². The lowest BCUT2D eigenvalue weighted by atomic mass is 10.0. The molecule has 0 spiro atoms. The Morgan fingerprint density at radius 2 is 1.67 bits per heavy atom. The third-order valence-electron chi connectivity index (χ3n) is 5.48. The number of hydroxylamine groups is 2. The molecule has 3 rings (SSSR count). The number of hydrogen-bond acceptors (Lipinski definition) is 6. The van der Waals surface area contributed by atoms with E-state index in [0.717, 1.165) is 48.2 Å². The fourth-order valence-corrected chi connectivity index (χ4v) is 3.59. The van der Waals surface area contributed by atoms with Gasteiger partial charge in [-0.1, -0.05) is 43.2 Å². The summed E-state index contributed by atoms with van der Waals surface area (Å²) < 4.78 is 5.36. The highest BCUT2D eigenvalue weighted by atomic mass is 16.5. The average molecular weight is 492 g/mol. The normalized spacial score (nSPS) is 10.9. The summed E-state index contributed by atoms with van der Waals surface area (Å²) in [4.78, 5) is 38.4. The fourth-order valence-electron chi connectivity index (χ4n) is 3.59. The number of anilines is 1. The van der Waals surface area contributed by atoms with Crippen molar-refractivity contribution >= 4 is 34.6 Å². The number of benzene rings is 2. The van der Waals surface area contributed by atoms with Gasteiger partial charge in [-0.25, -0.2) is 14.7 Å². The number of fused-ring (bicyclic) bond motifs is 1. The van der Waals surface area contributed by atoms with Gasteiger partial charge < -0.3 is 9.84 Å². The topological polar surface area (TPSA) is 129 Å². The van der Waals surface area contributed by atoms with Crippen molar-refractivity contribution < 1.29 is 29.4 Å². The van der Waals surface area contributed by atoms with Crippen LogP contribution in [0, 0.1) is 0 Å². The number of carbonyl (C=O) groups excluding carboxylic acids is 2. The van der Waals surface area contributed by atoms with Gasteiger partial charge in [0.15, 0.2) is 0 Å². The van der Waals surface area contributed by atoms with Gasteiger partial charge in [0.2, 0.25) is 0 Å². The molecule has 0 radical (unpaired) electrons. The van der Waals surface area contributed by atoms with Gasteiger partial charge >= 0.3 is 12.1 Å². The molecule has 1 aromatic heterocycles. The molecule has 3 aromatic rings. The molecule has 188 valence electrons. The number of carboxylic acid groups (broad SMARTS) is 1. The summed E-state index contributed by atoms with van der Waals surface area (Å²) in [5.41, 5.74) is 3.50. The van der Waals surface area contributed by atoms with Crippen LogP contribution >= 0.6 is 0 Å². The predicted molar refractivity (Wildman–Crippen MR) is 134 cm³/mol. The minimum Gasteiger partial charge on any atom is -0.478 e. The molecule has 0 fully saturated rings. The van der Waals surface area contributed by atoms with E-state index in [1.54, 1.807) is 12.3 Å². The van der Waals surface area contributed by atoms with Crippen LogP contribution in [0.2, 0.25) is 0 Å². The van der Waals surface area contributed by atoms with Crippen molar-refractivity contribution in [2.45, 2.75) is 38.7 Å².